The first kappa shape index (κ1) is 18.9. The minimum Gasteiger partial charge on any atom is -0.387 e. The average Bonchev–Trinajstić information content (AvgIpc) is 2.52. The van der Waals surface area contributed by atoms with Crippen LogP contribution in [0.15, 0.2) is 30.3 Å². The highest BCUT2D eigenvalue weighted by molar-refractivity contribution is 5.78. The van der Waals surface area contributed by atoms with E-state index in [1.807, 2.05) is 32.0 Å². The molecular weight excluding hydrogens is 304 g/mol. The van der Waals surface area contributed by atoms with E-state index in [-0.39, 0.29) is 11.3 Å². The summed E-state index contributed by atoms with van der Waals surface area (Å²) in [7, 11) is 1.61. The Labute approximate surface area is 145 Å². The first-order valence-electron chi connectivity index (χ1n) is 8.61. The smallest absolute Gasteiger partial charge is 0.234 e. The molecule has 1 saturated heterocycles. The molecule has 1 aromatic carbocycles. The molecule has 0 spiro atoms. The van der Waals surface area contributed by atoms with Gasteiger partial charge in [0.25, 0.3) is 0 Å². The molecule has 2 N–H and O–H groups in total. The third-order valence-electron chi connectivity index (χ3n) is 5.05. The number of methoxy groups -OCH3 is 1. The summed E-state index contributed by atoms with van der Waals surface area (Å²) in [6.07, 6.45) is 1.46. The van der Waals surface area contributed by atoms with Gasteiger partial charge in [-0.15, -0.1) is 0 Å². The quantitative estimate of drug-likeness (QED) is 0.792. The summed E-state index contributed by atoms with van der Waals surface area (Å²) >= 11 is 0. The number of likely N-dealkylation sites (tertiary alicyclic amines) is 1. The second-order valence-electron chi connectivity index (χ2n) is 7.39. The van der Waals surface area contributed by atoms with E-state index in [1.165, 1.54) is 5.56 Å². The first-order chi connectivity index (χ1) is 11.4. The summed E-state index contributed by atoms with van der Waals surface area (Å²) in [5.74, 6) is 0.0407. The van der Waals surface area contributed by atoms with Crippen LogP contribution in [0.3, 0.4) is 0 Å². The second-order valence-corrected chi connectivity index (χ2v) is 7.39. The predicted molar refractivity (Wildman–Crippen MR) is 94.8 cm³/mol. The van der Waals surface area contributed by atoms with Crippen LogP contribution in [0.5, 0.6) is 0 Å². The van der Waals surface area contributed by atoms with Crippen LogP contribution < -0.4 is 5.32 Å². The van der Waals surface area contributed by atoms with Crippen molar-refractivity contribution in [2.75, 3.05) is 39.9 Å². The maximum absolute atomic E-state index is 12.2. The van der Waals surface area contributed by atoms with Crippen LogP contribution in [0.2, 0.25) is 0 Å². The van der Waals surface area contributed by atoms with Gasteiger partial charge in [0, 0.05) is 32.2 Å². The van der Waals surface area contributed by atoms with Crippen molar-refractivity contribution in [3.63, 3.8) is 0 Å². The van der Waals surface area contributed by atoms with Gasteiger partial charge < -0.3 is 15.2 Å². The lowest BCUT2D eigenvalue weighted by Gasteiger charge is -2.49. The molecule has 0 bridgehead atoms. The number of aliphatic hydroxyl groups is 1. The SMILES string of the molecule is COC[C@]1(O)CCN(CC(=O)NCCc2ccccc2)CC1(C)C. The van der Waals surface area contributed by atoms with Crippen molar-refractivity contribution < 1.29 is 14.6 Å². The van der Waals surface area contributed by atoms with Gasteiger partial charge in [-0.05, 0) is 18.4 Å². The average molecular weight is 334 g/mol. The van der Waals surface area contributed by atoms with Crippen LogP contribution in [-0.2, 0) is 16.0 Å². The Morgan fingerprint density at radius 1 is 1.33 bits per heavy atom. The van der Waals surface area contributed by atoms with Gasteiger partial charge in [0.05, 0.1) is 18.8 Å². The molecule has 1 fully saturated rings. The number of hydrogen-bond donors (Lipinski definition) is 2. The number of nitrogens with zero attached hydrogens (tertiary/aromatic N) is 1. The largest absolute Gasteiger partial charge is 0.387 e. The Morgan fingerprint density at radius 3 is 2.67 bits per heavy atom. The molecule has 1 heterocycles. The van der Waals surface area contributed by atoms with E-state index < -0.39 is 5.60 Å². The predicted octanol–water partition coefficient (Wildman–Crippen LogP) is 1.45. The third-order valence-corrected chi connectivity index (χ3v) is 5.05. The monoisotopic (exact) mass is 334 g/mol. The Morgan fingerprint density at radius 2 is 2.04 bits per heavy atom. The van der Waals surface area contributed by atoms with Gasteiger partial charge in [-0.1, -0.05) is 44.2 Å². The second kappa shape index (κ2) is 8.10. The van der Waals surface area contributed by atoms with E-state index in [0.717, 1.165) is 6.42 Å². The molecule has 5 nitrogen and oxygen atoms in total. The normalized spacial score (nSPS) is 23.8. The fraction of sp³-hybridized carbons (Fsp3) is 0.632. The molecule has 134 valence electrons. The van der Waals surface area contributed by atoms with Crippen molar-refractivity contribution in [2.45, 2.75) is 32.3 Å². The number of amides is 1. The molecule has 1 aromatic rings. The van der Waals surface area contributed by atoms with E-state index in [4.69, 9.17) is 4.74 Å². The molecule has 1 aliphatic rings. The van der Waals surface area contributed by atoms with Crippen LogP contribution in [0, 0.1) is 5.41 Å². The van der Waals surface area contributed by atoms with Crippen molar-refractivity contribution in [2.24, 2.45) is 5.41 Å². The van der Waals surface area contributed by atoms with Crippen molar-refractivity contribution in [3.05, 3.63) is 35.9 Å². The zero-order chi connectivity index (χ0) is 17.6. The number of benzene rings is 1. The van der Waals surface area contributed by atoms with Crippen LogP contribution in [0.1, 0.15) is 25.8 Å². The summed E-state index contributed by atoms with van der Waals surface area (Å²) in [5, 5.41) is 13.8. The molecule has 0 radical (unpaired) electrons. The molecule has 2 rings (SSSR count). The Balaban J connectivity index is 1.77. The maximum atomic E-state index is 12.2. The first-order valence-corrected chi connectivity index (χ1v) is 8.61. The molecule has 1 amide bonds. The lowest BCUT2D eigenvalue weighted by molar-refractivity contribution is -0.153. The minimum absolute atomic E-state index is 0.0407. The summed E-state index contributed by atoms with van der Waals surface area (Å²) in [6, 6.07) is 10.1. The number of ether oxygens (including phenoxy) is 1. The number of carbonyl (C=O) groups is 1. The van der Waals surface area contributed by atoms with E-state index >= 15 is 0 Å². The number of nitrogens with one attached hydrogen (secondary N) is 1. The van der Waals surface area contributed by atoms with Crippen LogP contribution in [0.4, 0.5) is 0 Å². The van der Waals surface area contributed by atoms with Crippen molar-refractivity contribution in [1.82, 2.24) is 10.2 Å². The van der Waals surface area contributed by atoms with Gasteiger partial charge in [-0.2, -0.15) is 0 Å². The summed E-state index contributed by atoms with van der Waals surface area (Å²) in [5.41, 5.74) is 0.0784. The fourth-order valence-corrected chi connectivity index (χ4v) is 3.36. The van der Waals surface area contributed by atoms with E-state index in [2.05, 4.69) is 22.3 Å². The summed E-state index contributed by atoms with van der Waals surface area (Å²) < 4.78 is 5.18. The van der Waals surface area contributed by atoms with Gasteiger partial charge in [0.2, 0.25) is 5.91 Å². The van der Waals surface area contributed by atoms with Gasteiger partial charge in [0.15, 0.2) is 0 Å². The minimum atomic E-state index is -0.831. The number of rotatable bonds is 7. The fourth-order valence-electron chi connectivity index (χ4n) is 3.36. The molecule has 0 saturated carbocycles. The maximum Gasteiger partial charge on any atom is 0.234 e. The summed E-state index contributed by atoms with van der Waals surface area (Å²) in [4.78, 5) is 14.3. The topological polar surface area (TPSA) is 61.8 Å². The molecule has 0 aromatic heterocycles. The van der Waals surface area contributed by atoms with Gasteiger partial charge in [0.1, 0.15) is 0 Å². The zero-order valence-corrected chi connectivity index (χ0v) is 15.0. The molecule has 5 heteroatoms. The van der Waals surface area contributed by atoms with Crippen LogP contribution >= 0.6 is 0 Å². The lowest BCUT2D eigenvalue weighted by Crippen LogP contribution is -2.60. The van der Waals surface area contributed by atoms with Gasteiger partial charge in [-0.3, -0.25) is 9.69 Å². The summed E-state index contributed by atoms with van der Waals surface area (Å²) in [6.45, 7) is 6.80. The van der Waals surface area contributed by atoms with Crippen molar-refractivity contribution >= 4 is 5.91 Å². The Kier molecular flexibility index (Phi) is 6.38. The zero-order valence-electron chi connectivity index (χ0n) is 15.0. The van der Waals surface area contributed by atoms with Gasteiger partial charge in [-0.25, -0.2) is 0 Å². The van der Waals surface area contributed by atoms with E-state index in [9.17, 15) is 9.90 Å². The molecule has 0 aliphatic carbocycles. The number of piperidine rings is 1. The third kappa shape index (κ3) is 4.79. The van der Waals surface area contributed by atoms with Crippen LogP contribution in [-0.4, -0.2) is 61.4 Å². The molecule has 1 aliphatic heterocycles. The van der Waals surface area contributed by atoms with Crippen molar-refractivity contribution in [3.8, 4) is 0 Å². The number of hydrogen-bond acceptors (Lipinski definition) is 4. The Hall–Kier alpha value is -1.43. The molecular formula is C19H30N2O3. The number of carbonyl (C=O) groups excluding carboxylic acids is 1. The lowest BCUT2D eigenvalue weighted by atomic mass is 9.70. The van der Waals surface area contributed by atoms with Crippen molar-refractivity contribution in [1.29, 1.82) is 0 Å². The molecule has 24 heavy (non-hydrogen) atoms. The van der Waals surface area contributed by atoms with Gasteiger partial charge >= 0.3 is 0 Å². The standard InChI is InChI=1S/C19H30N2O3/c1-18(2)14-21(12-10-19(18,23)15-24-3)13-17(22)20-11-9-16-7-5-4-6-8-16/h4-8,23H,9-15H2,1-3H3,(H,20,22)/t19-/m1/s1. The highest BCUT2D eigenvalue weighted by Gasteiger charge is 2.47. The molecule has 1 atom stereocenters. The highest BCUT2D eigenvalue weighted by Crippen LogP contribution is 2.38. The Bertz CT molecular complexity index is 533. The van der Waals surface area contributed by atoms with Crippen LogP contribution in [0.25, 0.3) is 0 Å². The van der Waals surface area contributed by atoms with E-state index in [0.29, 0.717) is 39.2 Å². The van der Waals surface area contributed by atoms with E-state index in [1.54, 1.807) is 7.11 Å². The molecule has 0 unspecified atom stereocenters. The highest BCUT2D eigenvalue weighted by atomic mass is 16.5.